The van der Waals surface area contributed by atoms with Gasteiger partial charge in [-0.15, -0.1) is 0 Å². The number of anilines is 2. The number of hydrogen-bond donors (Lipinski definition) is 3. The third-order valence-electron chi connectivity index (χ3n) is 4.20. The highest BCUT2D eigenvalue weighted by atomic mass is 79.9. The average molecular weight is 436 g/mol. The van der Waals surface area contributed by atoms with Gasteiger partial charge in [-0.25, -0.2) is 4.39 Å². The lowest BCUT2D eigenvalue weighted by Crippen LogP contribution is -2.26. The Morgan fingerprint density at radius 3 is 2.81 bits per heavy atom. The molecule has 0 spiro atoms. The zero-order valence-electron chi connectivity index (χ0n) is 14.4. The lowest BCUT2D eigenvalue weighted by atomic mass is 10.1. The molecule has 0 aromatic heterocycles. The van der Waals surface area contributed by atoms with Crippen molar-refractivity contribution in [3.05, 3.63) is 57.8 Å². The number of nitrogens with two attached hydrogens (primary N) is 1. The Hall–Kier alpha value is -2.45. The SMILES string of the molecule is NC(=O)c1c(F)cc(Br)cc1NCc1cccc(NC(=O)C2CCCO2)c1. The first-order valence-corrected chi connectivity index (χ1v) is 9.27. The molecular formula is C19H19BrFN3O3. The topological polar surface area (TPSA) is 93.5 Å². The molecule has 1 saturated heterocycles. The lowest BCUT2D eigenvalue weighted by molar-refractivity contribution is -0.124. The largest absolute Gasteiger partial charge is 0.380 e. The quantitative estimate of drug-likeness (QED) is 0.647. The van der Waals surface area contributed by atoms with Crippen LogP contribution in [0.4, 0.5) is 15.8 Å². The van der Waals surface area contributed by atoms with Crippen molar-refractivity contribution in [2.24, 2.45) is 5.73 Å². The van der Waals surface area contributed by atoms with Crippen LogP contribution in [-0.4, -0.2) is 24.5 Å². The van der Waals surface area contributed by atoms with E-state index in [1.165, 1.54) is 6.07 Å². The molecule has 0 radical (unpaired) electrons. The Bertz CT molecular complexity index is 869. The number of hydrogen-bond acceptors (Lipinski definition) is 4. The number of carbonyl (C=O) groups is 2. The number of benzene rings is 2. The van der Waals surface area contributed by atoms with Gasteiger partial charge in [-0.05, 0) is 42.7 Å². The normalized spacial score (nSPS) is 16.1. The minimum atomic E-state index is -0.847. The van der Waals surface area contributed by atoms with Crippen molar-refractivity contribution in [1.82, 2.24) is 0 Å². The molecule has 0 bridgehead atoms. The molecule has 8 heteroatoms. The molecule has 1 atom stereocenters. The molecule has 1 aliphatic heterocycles. The highest BCUT2D eigenvalue weighted by Gasteiger charge is 2.23. The Labute approximate surface area is 164 Å². The van der Waals surface area contributed by atoms with Crippen molar-refractivity contribution >= 4 is 39.1 Å². The van der Waals surface area contributed by atoms with E-state index in [2.05, 4.69) is 26.6 Å². The second kappa shape index (κ2) is 8.49. The maximum Gasteiger partial charge on any atom is 0.253 e. The summed E-state index contributed by atoms with van der Waals surface area (Å²) in [6.45, 7) is 0.924. The second-order valence-corrected chi connectivity index (χ2v) is 7.13. The van der Waals surface area contributed by atoms with E-state index < -0.39 is 17.8 Å². The maximum atomic E-state index is 14.0. The van der Waals surface area contributed by atoms with Gasteiger partial charge in [0.1, 0.15) is 11.9 Å². The molecule has 1 aliphatic rings. The summed E-state index contributed by atoms with van der Waals surface area (Å²) in [5.41, 5.74) is 6.87. The minimum absolute atomic E-state index is 0.164. The van der Waals surface area contributed by atoms with E-state index in [4.69, 9.17) is 10.5 Å². The molecule has 27 heavy (non-hydrogen) atoms. The summed E-state index contributed by atoms with van der Waals surface area (Å²) in [5, 5.41) is 5.86. The predicted molar refractivity (Wildman–Crippen MR) is 104 cm³/mol. The van der Waals surface area contributed by atoms with E-state index in [-0.39, 0.29) is 11.5 Å². The number of rotatable bonds is 6. The summed E-state index contributed by atoms with van der Waals surface area (Å²) in [4.78, 5) is 23.7. The second-order valence-electron chi connectivity index (χ2n) is 6.22. The molecule has 2 aromatic rings. The minimum Gasteiger partial charge on any atom is -0.380 e. The Kier molecular flexibility index (Phi) is 6.08. The summed E-state index contributed by atoms with van der Waals surface area (Å²) < 4.78 is 19.9. The molecule has 1 fully saturated rings. The Morgan fingerprint density at radius 1 is 1.30 bits per heavy atom. The van der Waals surface area contributed by atoms with E-state index in [0.29, 0.717) is 29.0 Å². The van der Waals surface area contributed by atoms with Gasteiger partial charge in [0.2, 0.25) is 0 Å². The van der Waals surface area contributed by atoms with Gasteiger partial charge in [-0.3, -0.25) is 9.59 Å². The van der Waals surface area contributed by atoms with Gasteiger partial charge in [-0.1, -0.05) is 28.1 Å². The van der Waals surface area contributed by atoms with E-state index in [1.54, 1.807) is 24.3 Å². The third-order valence-corrected chi connectivity index (χ3v) is 4.66. The average Bonchev–Trinajstić information content (AvgIpc) is 3.14. The molecular weight excluding hydrogens is 417 g/mol. The van der Waals surface area contributed by atoms with Crippen LogP contribution in [0.1, 0.15) is 28.8 Å². The molecule has 2 aromatic carbocycles. The first-order chi connectivity index (χ1) is 12.9. The molecule has 1 heterocycles. The fraction of sp³-hybridized carbons (Fsp3) is 0.263. The Morgan fingerprint density at radius 2 is 2.11 bits per heavy atom. The molecule has 142 valence electrons. The highest BCUT2D eigenvalue weighted by molar-refractivity contribution is 9.10. The molecule has 0 aliphatic carbocycles. The standard InChI is InChI=1S/C19H19BrFN3O3/c20-12-8-14(21)17(18(22)25)15(9-12)23-10-11-3-1-4-13(7-11)24-19(26)16-5-2-6-27-16/h1,3-4,7-9,16,23H,2,5-6,10H2,(H2,22,25)(H,24,26). The van der Waals surface area contributed by atoms with Crippen LogP contribution in [0.3, 0.4) is 0 Å². The summed E-state index contributed by atoms with van der Waals surface area (Å²) in [5.74, 6) is -1.71. The van der Waals surface area contributed by atoms with Crippen LogP contribution in [-0.2, 0) is 16.1 Å². The van der Waals surface area contributed by atoms with Crippen LogP contribution in [0.2, 0.25) is 0 Å². The number of carbonyl (C=O) groups excluding carboxylic acids is 2. The van der Waals surface area contributed by atoms with Gasteiger partial charge in [-0.2, -0.15) is 0 Å². The van der Waals surface area contributed by atoms with E-state index >= 15 is 0 Å². The van der Waals surface area contributed by atoms with Crippen molar-refractivity contribution in [1.29, 1.82) is 0 Å². The smallest absolute Gasteiger partial charge is 0.253 e. The maximum absolute atomic E-state index is 14.0. The van der Waals surface area contributed by atoms with Gasteiger partial charge < -0.3 is 21.1 Å². The molecule has 4 N–H and O–H groups in total. The van der Waals surface area contributed by atoms with Gasteiger partial charge in [0, 0.05) is 23.3 Å². The van der Waals surface area contributed by atoms with E-state index in [0.717, 1.165) is 18.4 Å². The van der Waals surface area contributed by atoms with Crippen LogP contribution in [0.25, 0.3) is 0 Å². The van der Waals surface area contributed by atoms with Crippen molar-refractivity contribution in [3.63, 3.8) is 0 Å². The predicted octanol–water partition coefficient (Wildman–Crippen LogP) is 3.42. The van der Waals surface area contributed by atoms with Crippen molar-refractivity contribution < 1.29 is 18.7 Å². The fourth-order valence-corrected chi connectivity index (χ4v) is 3.36. The van der Waals surface area contributed by atoms with Crippen LogP contribution in [0, 0.1) is 5.82 Å². The van der Waals surface area contributed by atoms with Crippen LogP contribution in [0.5, 0.6) is 0 Å². The Balaban J connectivity index is 1.70. The summed E-state index contributed by atoms with van der Waals surface area (Å²) in [6, 6.07) is 10.0. The highest BCUT2D eigenvalue weighted by Crippen LogP contribution is 2.25. The van der Waals surface area contributed by atoms with E-state index in [1.807, 2.05) is 6.07 Å². The molecule has 2 amide bonds. The zero-order valence-corrected chi connectivity index (χ0v) is 16.0. The van der Waals surface area contributed by atoms with Crippen LogP contribution < -0.4 is 16.4 Å². The third kappa shape index (κ3) is 4.84. The van der Waals surface area contributed by atoms with Gasteiger partial charge in [0.25, 0.3) is 11.8 Å². The molecule has 3 rings (SSSR count). The molecule has 1 unspecified atom stereocenters. The van der Waals surface area contributed by atoms with Crippen LogP contribution >= 0.6 is 15.9 Å². The van der Waals surface area contributed by atoms with Crippen molar-refractivity contribution in [2.45, 2.75) is 25.5 Å². The lowest BCUT2D eigenvalue weighted by Gasteiger charge is -2.14. The van der Waals surface area contributed by atoms with Gasteiger partial charge in [0.15, 0.2) is 0 Å². The molecule has 6 nitrogen and oxygen atoms in total. The van der Waals surface area contributed by atoms with Gasteiger partial charge in [0.05, 0.1) is 11.3 Å². The zero-order chi connectivity index (χ0) is 19.4. The van der Waals surface area contributed by atoms with Crippen molar-refractivity contribution in [2.75, 3.05) is 17.2 Å². The first-order valence-electron chi connectivity index (χ1n) is 8.48. The van der Waals surface area contributed by atoms with E-state index in [9.17, 15) is 14.0 Å². The summed E-state index contributed by atoms with van der Waals surface area (Å²) in [7, 11) is 0. The number of ether oxygens (including phenoxy) is 1. The summed E-state index contributed by atoms with van der Waals surface area (Å²) >= 11 is 3.20. The van der Waals surface area contributed by atoms with Crippen molar-refractivity contribution in [3.8, 4) is 0 Å². The number of amides is 2. The first kappa shape index (κ1) is 19.3. The van der Waals surface area contributed by atoms with Gasteiger partial charge >= 0.3 is 0 Å². The number of halogens is 2. The molecule has 0 saturated carbocycles. The van der Waals surface area contributed by atoms with Crippen LogP contribution in [0.15, 0.2) is 40.9 Å². The monoisotopic (exact) mass is 435 g/mol. The number of primary amides is 1. The number of nitrogens with one attached hydrogen (secondary N) is 2. The summed E-state index contributed by atoms with van der Waals surface area (Å²) in [6.07, 6.45) is 1.19. The fourth-order valence-electron chi connectivity index (χ4n) is 2.93.